The van der Waals surface area contributed by atoms with Crippen molar-refractivity contribution in [2.45, 2.75) is 0 Å². The van der Waals surface area contributed by atoms with Crippen molar-refractivity contribution in [1.82, 2.24) is 0 Å². The van der Waals surface area contributed by atoms with Crippen LogP contribution in [0.4, 0.5) is 0 Å². The number of carbonyl (C=O) groups is 1. The molecule has 0 spiro atoms. The maximum absolute atomic E-state index is 11.0. The van der Waals surface area contributed by atoms with Gasteiger partial charge in [-0.15, -0.1) is 0 Å². The first kappa shape index (κ1) is 19.7. The van der Waals surface area contributed by atoms with Crippen LogP contribution in [0.3, 0.4) is 0 Å². The summed E-state index contributed by atoms with van der Waals surface area (Å²) in [6.45, 7) is 0. The number of benzene rings is 5. The van der Waals surface area contributed by atoms with Gasteiger partial charge in [-0.25, -0.2) is 0 Å². The summed E-state index contributed by atoms with van der Waals surface area (Å²) in [5.74, 6) is 0. The topological polar surface area (TPSA) is 17.1 Å². The minimum absolute atomic E-state index is 0.703. The molecule has 0 amide bonds. The molecule has 5 aromatic carbocycles. The highest BCUT2D eigenvalue weighted by molar-refractivity contribution is 5.93. The van der Waals surface area contributed by atoms with Crippen molar-refractivity contribution < 1.29 is 4.79 Å². The largest absolute Gasteiger partial charge is 0.298 e. The zero-order valence-corrected chi connectivity index (χ0v) is 17.6. The van der Waals surface area contributed by atoms with Crippen LogP contribution >= 0.6 is 0 Å². The van der Waals surface area contributed by atoms with Gasteiger partial charge in [0.05, 0.1) is 0 Å². The average Bonchev–Trinajstić information content (AvgIpc) is 2.88. The Kier molecular flexibility index (Phi) is 5.47. The number of fused-ring (bicyclic) bond motifs is 1. The lowest BCUT2D eigenvalue weighted by atomic mass is 9.95. The van der Waals surface area contributed by atoms with Gasteiger partial charge in [0.25, 0.3) is 0 Å². The highest BCUT2D eigenvalue weighted by Gasteiger charge is 2.06. The number of hydrogen-bond donors (Lipinski definition) is 0. The summed E-state index contributed by atoms with van der Waals surface area (Å²) in [5.41, 5.74) is 7.80. The molecule has 5 rings (SSSR count). The van der Waals surface area contributed by atoms with E-state index in [0.717, 1.165) is 22.6 Å². The van der Waals surface area contributed by atoms with E-state index in [2.05, 4.69) is 97.1 Å². The molecular weight excluding hydrogens is 388 g/mol. The Labute approximate surface area is 188 Å². The maximum Gasteiger partial charge on any atom is 0.150 e. The summed E-state index contributed by atoms with van der Waals surface area (Å²) in [6.07, 6.45) is 3.13. The van der Waals surface area contributed by atoms with Crippen LogP contribution in [0.1, 0.15) is 27.0 Å². The highest BCUT2D eigenvalue weighted by Crippen LogP contribution is 2.28. The molecule has 5 aromatic rings. The molecule has 0 fully saturated rings. The van der Waals surface area contributed by atoms with Gasteiger partial charge < -0.3 is 0 Å². The molecule has 1 nitrogen and oxygen atoms in total. The van der Waals surface area contributed by atoms with Gasteiger partial charge in [-0.3, -0.25) is 4.79 Å². The van der Waals surface area contributed by atoms with Crippen LogP contribution in [0.5, 0.6) is 0 Å². The van der Waals surface area contributed by atoms with E-state index in [-0.39, 0.29) is 0 Å². The molecule has 0 saturated heterocycles. The molecule has 0 N–H and O–H groups in total. The molecule has 1 heteroatoms. The van der Waals surface area contributed by atoms with Crippen LogP contribution in [0.15, 0.2) is 121 Å². The zero-order valence-electron chi connectivity index (χ0n) is 17.6. The molecule has 0 aliphatic heterocycles. The zero-order chi connectivity index (χ0) is 21.8. The van der Waals surface area contributed by atoms with E-state index in [9.17, 15) is 4.79 Å². The molecular formula is C31H22O. The van der Waals surface area contributed by atoms with Crippen molar-refractivity contribution in [3.8, 4) is 11.1 Å². The Balaban J connectivity index is 1.50. The summed E-state index contributed by atoms with van der Waals surface area (Å²) >= 11 is 0. The van der Waals surface area contributed by atoms with Crippen molar-refractivity contribution >= 4 is 28.7 Å². The van der Waals surface area contributed by atoms with E-state index in [1.807, 2.05) is 30.3 Å². The lowest BCUT2D eigenvalue weighted by Gasteiger charge is -2.10. The first-order chi connectivity index (χ1) is 15.8. The van der Waals surface area contributed by atoms with Crippen LogP contribution < -0.4 is 0 Å². The van der Waals surface area contributed by atoms with Gasteiger partial charge in [-0.05, 0) is 62.4 Å². The van der Waals surface area contributed by atoms with Crippen molar-refractivity contribution in [2.75, 3.05) is 0 Å². The van der Waals surface area contributed by atoms with Crippen LogP contribution in [-0.4, -0.2) is 6.29 Å². The third-order valence-corrected chi connectivity index (χ3v) is 5.72. The predicted octanol–water partition coefficient (Wildman–Crippen LogP) is 7.91. The van der Waals surface area contributed by atoms with Crippen molar-refractivity contribution in [3.05, 3.63) is 144 Å². The summed E-state index contributed by atoms with van der Waals surface area (Å²) in [5, 5.41) is 2.21. The van der Waals surface area contributed by atoms with E-state index in [4.69, 9.17) is 0 Å². The number of carbonyl (C=O) groups excluding carboxylic acids is 1. The minimum atomic E-state index is 0.703. The highest BCUT2D eigenvalue weighted by atomic mass is 16.1. The summed E-state index contributed by atoms with van der Waals surface area (Å²) in [7, 11) is 0. The molecule has 0 bridgehead atoms. The summed E-state index contributed by atoms with van der Waals surface area (Å²) < 4.78 is 0. The predicted molar refractivity (Wildman–Crippen MR) is 135 cm³/mol. The Hall–Kier alpha value is -4.23. The van der Waals surface area contributed by atoms with Gasteiger partial charge in [-0.2, -0.15) is 0 Å². The second-order valence-corrected chi connectivity index (χ2v) is 7.85. The molecule has 32 heavy (non-hydrogen) atoms. The molecule has 0 aromatic heterocycles. The quantitative estimate of drug-likeness (QED) is 0.212. The lowest BCUT2D eigenvalue weighted by molar-refractivity contribution is 0.112. The van der Waals surface area contributed by atoms with Gasteiger partial charge in [0.2, 0.25) is 0 Å². The van der Waals surface area contributed by atoms with Crippen molar-refractivity contribution in [1.29, 1.82) is 0 Å². The van der Waals surface area contributed by atoms with Crippen LogP contribution in [-0.2, 0) is 0 Å². The number of hydrogen-bond acceptors (Lipinski definition) is 1. The standard InChI is InChI=1S/C31H22O/c32-22-24-13-16-30-21-29(18-17-28(30)19-24)25-14-11-23(12-15-25)20-31(26-7-3-1-4-8-26)27-9-5-2-6-10-27/h1-22H. The smallest absolute Gasteiger partial charge is 0.150 e. The fourth-order valence-corrected chi connectivity index (χ4v) is 4.02. The molecule has 0 unspecified atom stereocenters. The van der Waals surface area contributed by atoms with Crippen LogP contribution in [0.2, 0.25) is 0 Å². The Bertz CT molecular complexity index is 1350. The fourth-order valence-electron chi connectivity index (χ4n) is 4.02. The Morgan fingerprint density at radius 1 is 0.500 bits per heavy atom. The normalized spacial score (nSPS) is 10.6. The molecule has 0 aliphatic rings. The SMILES string of the molecule is O=Cc1ccc2cc(-c3ccc(C=C(c4ccccc4)c4ccccc4)cc3)ccc2c1. The third kappa shape index (κ3) is 4.14. The monoisotopic (exact) mass is 410 g/mol. The van der Waals surface area contributed by atoms with Crippen LogP contribution in [0, 0.1) is 0 Å². The van der Waals surface area contributed by atoms with Gasteiger partial charge >= 0.3 is 0 Å². The maximum atomic E-state index is 11.0. The Morgan fingerprint density at radius 2 is 1.03 bits per heavy atom. The fraction of sp³-hybridized carbons (Fsp3) is 0. The lowest BCUT2D eigenvalue weighted by Crippen LogP contribution is -1.88. The molecule has 0 atom stereocenters. The van der Waals surface area contributed by atoms with E-state index >= 15 is 0 Å². The average molecular weight is 411 g/mol. The van der Waals surface area contributed by atoms with Gasteiger partial charge in [0, 0.05) is 5.56 Å². The first-order valence-corrected chi connectivity index (χ1v) is 10.7. The third-order valence-electron chi connectivity index (χ3n) is 5.72. The second kappa shape index (κ2) is 8.87. The van der Waals surface area contributed by atoms with Gasteiger partial charge in [0.1, 0.15) is 6.29 Å². The summed E-state index contributed by atoms with van der Waals surface area (Å²) in [4.78, 5) is 11.0. The molecule has 152 valence electrons. The Morgan fingerprint density at radius 3 is 1.66 bits per heavy atom. The second-order valence-electron chi connectivity index (χ2n) is 7.85. The van der Waals surface area contributed by atoms with Crippen molar-refractivity contribution in [3.63, 3.8) is 0 Å². The molecule has 0 aliphatic carbocycles. The molecule has 0 radical (unpaired) electrons. The summed E-state index contributed by atoms with van der Waals surface area (Å²) in [6, 6.07) is 41.8. The van der Waals surface area contributed by atoms with Gasteiger partial charge in [-0.1, -0.05) is 109 Å². The molecule has 0 saturated carbocycles. The van der Waals surface area contributed by atoms with E-state index in [1.165, 1.54) is 27.8 Å². The van der Waals surface area contributed by atoms with E-state index in [0.29, 0.717) is 5.56 Å². The van der Waals surface area contributed by atoms with Crippen LogP contribution in [0.25, 0.3) is 33.5 Å². The van der Waals surface area contributed by atoms with Crippen molar-refractivity contribution in [2.24, 2.45) is 0 Å². The number of aldehydes is 1. The first-order valence-electron chi connectivity index (χ1n) is 10.7. The van der Waals surface area contributed by atoms with Gasteiger partial charge in [0.15, 0.2) is 0 Å². The van der Waals surface area contributed by atoms with E-state index < -0.39 is 0 Å². The van der Waals surface area contributed by atoms with E-state index in [1.54, 1.807) is 0 Å². The number of rotatable bonds is 5. The minimum Gasteiger partial charge on any atom is -0.298 e. The molecule has 0 heterocycles.